The molecular formula is C19H17BrIN. The third kappa shape index (κ3) is 3.38. The fraction of sp³-hybridized carbons (Fsp3) is 0.316. The molecule has 3 rings (SSSR count). The Balaban J connectivity index is 1.86. The van der Waals surface area contributed by atoms with Crippen LogP contribution in [0, 0.1) is 20.3 Å². The zero-order chi connectivity index (χ0) is 15.6. The highest BCUT2D eigenvalue weighted by Crippen LogP contribution is 2.38. The van der Waals surface area contributed by atoms with E-state index in [0.717, 1.165) is 36.6 Å². The van der Waals surface area contributed by atoms with E-state index in [4.69, 9.17) is 0 Å². The minimum absolute atomic E-state index is 0.243. The average molecular weight is 466 g/mol. The highest BCUT2D eigenvalue weighted by Gasteiger charge is 2.33. The first-order chi connectivity index (χ1) is 10.6. The summed E-state index contributed by atoms with van der Waals surface area (Å²) in [7, 11) is 0. The van der Waals surface area contributed by atoms with Gasteiger partial charge in [-0.15, -0.1) is 0 Å². The van der Waals surface area contributed by atoms with Crippen LogP contribution in [0.15, 0.2) is 46.9 Å². The summed E-state index contributed by atoms with van der Waals surface area (Å²) in [4.78, 5) is 0. The number of aryl methyl sites for hydroxylation is 2. The normalized spacial score (nSPS) is 16.4. The highest BCUT2D eigenvalue weighted by atomic mass is 127. The maximum atomic E-state index is 9.89. The SMILES string of the molecule is N#CC1(Cc2ccc(Br)cc2I)CCc2ccccc2CC1. The van der Waals surface area contributed by atoms with Crippen molar-refractivity contribution in [2.45, 2.75) is 32.1 Å². The van der Waals surface area contributed by atoms with Crippen LogP contribution < -0.4 is 0 Å². The predicted octanol–water partition coefficient (Wildman–Crippen LogP) is 5.69. The molecule has 1 aliphatic rings. The van der Waals surface area contributed by atoms with Crippen LogP contribution in [0.4, 0.5) is 0 Å². The van der Waals surface area contributed by atoms with E-state index >= 15 is 0 Å². The molecule has 0 spiro atoms. The number of benzene rings is 2. The fourth-order valence-corrected chi connectivity index (χ4v) is 4.77. The van der Waals surface area contributed by atoms with E-state index in [1.807, 2.05) is 0 Å². The summed E-state index contributed by atoms with van der Waals surface area (Å²) in [6.45, 7) is 0. The molecule has 0 fully saturated rings. The molecule has 22 heavy (non-hydrogen) atoms. The molecule has 0 saturated heterocycles. The minimum atomic E-state index is -0.243. The van der Waals surface area contributed by atoms with Gasteiger partial charge in [0.05, 0.1) is 11.5 Å². The first-order valence-electron chi connectivity index (χ1n) is 7.54. The van der Waals surface area contributed by atoms with E-state index in [9.17, 15) is 5.26 Å². The summed E-state index contributed by atoms with van der Waals surface area (Å²) >= 11 is 5.89. The molecule has 0 radical (unpaired) electrons. The van der Waals surface area contributed by atoms with E-state index in [1.54, 1.807) is 0 Å². The van der Waals surface area contributed by atoms with E-state index in [2.05, 4.69) is 87.1 Å². The number of nitrogens with zero attached hydrogens (tertiary/aromatic N) is 1. The Morgan fingerprint density at radius 3 is 2.27 bits per heavy atom. The van der Waals surface area contributed by atoms with Crippen molar-refractivity contribution in [3.05, 3.63) is 67.2 Å². The van der Waals surface area contributed by atoms with Crippen LogP contribution in [0.25, 0.3) is 0 Å². The van der Waals surface area contributed by atoms with Gasteiger partial charge in [-0.2, -0.15) is 5.26 Å². The molecule has 0 atom stereocenters. The smallest absolute Gasteiger partial charge is 0.0693 e. The van der Waals surface area contributed by atoms with Crippen molar-refractivity contribution in [3.63, 3.8) is 0 Å². The van der Waals surface area contributed by atoms with Crippen molar-refractivity contribution in [1.29, 1.82) is 5.26 Å². The molecule has 3 heteroatoms. The lowest BCUT2D eigenvalue weighted by atomic mass is 9.76. The molecule has 1 aliphatic carbocycles. The molecule has 0 aromatic heterocycles. The van der Waals surface area contributed by atoms with Gasteiger partial charge in [-0.05, 0) is 83.5 Å². The Kier molecular flexibility index (Phi) is 4.89. The molecule has 1 nitrogen and oxygen atoms in total. The Morgan fingerprint density at radius 1 is 1.09 bits per heavy atom. The van der Waals surface area contributed by atoms with Crippen LogP contribution in [-0.2, 0) is 19.3 Å². The Labute approximate surface area is 154 Å². The standard InChI is InChI=1S/C19H17BrIN/c20-17-6-5-16(18(21)11-17)12-19(13-22)9-7-14-3-1-2-4-15(14)8-10-19/h1-6,11H,7-10,12H2. The summed E-state index contributed by atoms with van der Waals surface area (Å²) in [5, 5.41) is 9.89. The summed E-state index contributed by atoms with van der Waals surface area (Å²) in [5.41, 5.74) is 3.89. The second-order valence-corrected chi connectivity index (χ2v) is 8.15. The lowest BCUT2D eigenvalue weighted by molar-refractivity contribution is 0.341. The van der Waals surface area contributed by atoms with Crippen LogP contribution >= 0.6 is 38.5 Å². The van der Waals surface area contributed by atoms with Gasteiger partial charge < -0.3 is 0 Å². The minimum Gasteiger partial charge on any atom is -0.198 e. The van der Waals surface area contributed by atoms with E-state index in [-0.39, 0.29) is 5.41 Å². The Morgan fingerprint density at radius 2 is 1.73 bits per heavy atom. The number of halogens is 2. The van der Waals surface area contributed by atoms with E-state index in [1.165, 1.54) is 20.3 Å². The van der Waals surface area contributed by atoms with Gasteiger partial charge in [0.25, 0.3) is 0 Å². The van der Waals surface area contributed by atoms with Crippen molar-refractivity contribution in [2.75, 3.05) is 0 Å². The van der Waals surface area contributed by atoms with E-state index < -0.39 is 0 Å². The number of nitriles is 1. The molecule has 0 N–H and O–H groups in total. The number of hydrogen-bond acceptors (Lipinski definition) is 1. The van der Waals surface area contributed by atoms with Crippen LogP contribution in [0.2, 0.25) is 0 Å². The van der Waals surface area contributed by atoms with Crippen molar-refractivity contribution in [3.8, 4) is 6.07 Å². The molecule has 2 aromatic carbocycles. The first kappa shape index (κ1) is 16.0. The molecule has 0 amide bonds. The quantitative estimate of drug-likeness (QED) is 0.413. The molecule has 0 unspecified atom stereocenters. The van der Waals surface area contributed by atoms with Crippen LogP contribution in [0.5, 0.6) is 0 Å². The van der Waals surface area contributed by atoms with Crippen molar-refractivity contribution >= 4 is 38.5 Å². The van der Waals surface area contributed by atoms with Gasteiger partial charge in [-0.25, -0.2) is 0 Å². The van der Waals surface area contributed by atoms with E-state index in [0.29, 0.717) is 0 Å². The first-order valence-corrected chi connectivity index (χ1v) is 9.41. The predicted molar refractivity (Wildman–Crippen MR) is 102 cm³/mol. The van der Waals surface area contributed by atoms with Crippen LogP contribution in [-0.4, -0.2) is 0 Å². The van der Waals surface area contributed by atoms with Crippen LogP contribution in [0.1, 0.15) is 29.5 Å². The third-order valence-electron chi connectivity index (χ3n) is 4.65. The third-order valence-corrected chi connectivity index (χ3v) is 6.14. The van der Waals surface area contributed by atoms with Gasteiger partial charge >= 0.3 is 0 Å². The maximum absolute atomic E-state index is 9.89. The van der Waals surface area contributed by atoms with Gasteiger partial charge in [0.15, 0.2) is 0 Å². The molecule has 0 saturated carbocycles. The number of rotatable bonds is 2. The molecular weight excluding hydrogens is 449 g/mol. The largest absolute Gasteiger partial charge is 0.198 e. The van der Waals surface area contributed by atoms with Crippen molar-refractivity contribution in [1.82, 2.24) is 0 Å². The fourth-order valence-electron chi connectivity index (χ4n) is 3.28. The number of fused-ring (bicyclic) bond motifs is 1. The van der Waals surface area contributed by atoms with Gasteiger partial charge in [0.2, 0.25) is 0 Å². The van der Waals surface area contributed by atoms with Crippen LogP contribution in [0.3, 0.4) is 0 Å². The molecule has 0 aliphatic heterocycles. The molecule has 2 aromatic rings. The summed E-state index contributed by atoms with van der Waals surface area (Å²) in [6, 6.07) is 17.7. The van der Waals surface area contributed by atoms with Gasteiger partial charge in [-0.1, -0.05) is 46.3 Å². The van der Waals surface area contributed by atoms with Gasteiger partial charge in [0.1, 0.15) is 0 Å². The summed E-state index contributed by atoms with van der Waals surface area (Å²) < 4.78 is 2.34. The molecule has 112 valence electrons. The second kappa shape index (κ2) is 6.72. The van der Waals surface area contributed by atoms with Crippen molar-refractivity contribution < 1.29 is 0 Å². The zero-order valence-corrected chi connectivity index (χ0v) is 16.0. The maximum Gasteiger partial charge on any atom is 0.0693 e. The molecule has 0 bridgehead atoms. The Bertz CT molecular complexity index is 705. The van der Waals surface area contributed by atoms with Gasteiger partial charge in [0, 0.05) is 8.04 Å². The Hall–Kier alpha value is -0.860. The zero-order valence-electron chi connectivity index (χ0n) is 12.3. The summed E-state index contributed by atoms with van der Waals surface area (Å²) in [5.74, 6) is 0. The second-order valence-electron chi connectivity index (χ2n) is 6.07. The lowest BCUT2D eigenvalue weighted by Crippen LogP contribution is -2.22. The topological polar surface area (TPSA) is 23.8 Å². The average Bonchev–Trinajstić information content (AvgIpc) is 2.71. The summed E-state index contributed by atoms with van der Waals surface area (Å²) in [6.07, 6.45) is 4.77. The number of hydrogen-bond donors (Lipinski definition) is 0. The monoisotopic (exact) mass is 465 g/mol. The van der Waals surface area contributed by atoms with Gasteiger partial charge in [-0.3, -0.25) is 0 Å². The lowest BCUT2D eigenvalue weighted by Gasteiger charge is -2.25. The molecule has 0 heterocycles. The highest BCUT2D eigenvalue weighted by molar-refractivity contribution is 14.1. The van der Waals surface area contributed by atoms with Crippen molar-refractivity contribution in [2.24, 2.45) is 5.41 Å².